The van der Waals surface area contributed by atoms with Gasteiger partial charge in [-0.2, -0.15) is 0 Å². The summed E-state index contributed by atoms with van der Waals surface area (Å²) in [6.45, 7) is 3.29. The van der Waals surface area contributed by atoms with Crippen LogP contribution in [0.4, 0.5) is 0 Å². The maximum Gasteiger partial charge on any atom is 0.0931 e. The third kappa shape index (κ3) is 3.20. The zero-order chi connectivity index (χ0) is 10.7. The Bertz CT molecular complexity index is 310. The van der Waals surface area contributed by atoms with E-state index in [1.54, 1.807) is 11.3 Å². The molecule has 1 aromatic rings. The molecule has 0 radical (unpaired) electrons. The van der Waals surface area contributed by atoms with Crippen LogP contribution >= 0.6 is 22.9 Å². The van der Waals surface area contributed by atoms with Gasteiger partial charge in [0.25, 0.3) is 0 Å². The van der Waals surface area contributed by atoms with E-state index in [9.17, 15) is 0 Å². The number of thiophene rings is 1. The molecule has 1 aromatic heterocycles. The molecule has 2 atom stereocenters. The van der Waals surface area contributed by atoms with Crippen LogP contribution in [0.2, 0.25) is 4.34 Å². The van der Waals surface area contributed by atoms with Crippen LogP contribution in [-0.2, 0) is 6.42 Å². The van der Waals surface area contributed by atoms with Crippen LogP contribution in [0.15, 0.2) is 12.1 Å². The van der Waals surface area contributed by atoms with Crippen LogP contribution in [0.1, 0.15) is 31.1 Å². The quantitative estimate of drug-likeness (QED) is 0.850. The van der Waals surface area contributed by atoms with E-state index in [0.717, 1.165) is 22.8 Å². The van der Waals surface area contributed by atoms with Gasteiger partial charge in [-0.05, 0) is 50.3 Å². The highest BCUT2D eigenvalue weighted by Crippen LogP contribution is 2.31. The molecule has 1 heterocycles. The zero-order valence-corrected chi connectivity index (χ0v) is 10.7. The van der Waals surface area contributed by atoms with Crippen LogP contribution in [0.3, 0.4) is 0 Å². The van der Waals surface area contributed by atoms with E-state index in [4.69, 9.17) is 11.6 Å². The van der Waals surface area contributed by atoms with E-state index < -0.39 is 0 Å². The lowest BCUT2D eigenvalue weighted by molar-refractivity contribution is 0.495. The van der Waals surface area contributed by atoms with Crippen molar-refractivity contribution in [2.24, 2.45) is 5.92 Å². The third-order valence-electron chi connectivity index (χ3n) is 3.15. The molecule has 0 aromatic carbocycles. The first-order chi connectivity index (χ1) is 7.28. The summed E-state index contributed by atoms with van der Waals surface area (Å²) in [7, 11) is 0. The van der Waals surface area contributed by atoms with Gasteiger partial charge < -0.3 is 5.32 Å². The van der Waals surface area contributed by atoms with Crippen LogP contribution in [0.25, 0.3) is 0 Å². The van der Waals surface area contributed by atoms with E-state index >= 15 is 0 Å². The zero-order valence-electron chi connectivity index (χ0n) is 9.13. The Hall–Kier alpha value is -0.0500. The minimum absolute atomic E-state index is 0.760. The highest BCUT2D eigenvalue weighted by Gasteiger charge is 2.24. The highest BCUT2D eigenvalue weighted by atomic mass is 35.5. The Morgan fingerprint density at radius 3 is 3.00 bits per heavy atom. The van der Waals surface area contributed by atoms with Crippen molar-refractivity contribution < 1.29 is 0 Å². The summed E-state index contributed by atoms with van der Waals surface area (Å²) >= 11 is 7.66. The van der Waals surface area contributed by atoms with Crippen LogP contribution < -0.4 is 5.32 Å². The third-order valence-corrected chi connectivity index (χ3v) is 4.41. The number of hydrogen-bond acceptors (Lipinski definition) is 2. The second-order valence-electron chi connectivity index (χ2n) is 4.34. The van der Waals surface area contributed by atoms with Gasteiger partial charge in [-0.3, -0.25) is 0 Å². The molecule has 2 rings (SSSR count). The summed E-state index contributed by atoms with van der Waals surface area (Å²) in [5, 5.41) is 3.54. The van der Waals surface area contributed by atoms with E-state index in [1.807, 2.05) is 6.07 Å². The Morgan fingerprint density at radius 1 is 1.47 bits per heavy atom. The molecule has 1 nitrogen and oxygen atoms in total. The van der Waals surface area contributed by atoms with Crippen molar-refractivity contribution in [2.75, 3.05) is 6.54 Å². The SMILES string of the molecule is CCNC1CCC(Cc2ccc(Cl)s2)C1. The van der Waals surface area contributed by atoms with Gasteiger partial charge in [-0.15, -0.1) is 11.3 Å². The van der Waals surface area contributed by atoms with E-state index in [-0.39, 0.29) is 0 Å². The molecule has 1 saturated carbocycles. The van der Waals surface area contributed by atoms with Gasteiger partial charge in [-0.25, -0.2) is 0 Å². The van der Waals surface area contributed by atoms with Crippen molar-refractivity contribution in [1.29, 1.82) is 0 Å². The topological polar surface area (TPSA) is 12.0 Å². The maximum absolute atomic E-state index is 5.93. The summed E-state index contributed by atoms with van der Waals surface area (Å²) in [6, 6.07) is 4.95. The molecule has 0 bridgehead atoms. The van der Waals surface area contributed by atoms with Crippen molar-refractivity contribution in [3.8, 4) is 0 Å². The number of nitrogens with one attached hydrogen (secondary N) is 1. The fraction of sp³-hybridized carbons (Fsp3) is 0.667. The van der Waals surface area contributed by atoms with Crippen molar-refractivity contribution in [2.45, 2.75) is 38.6 Å². The van der Waals surface area contributed by atoms with Crippen LogP contribution in [0, 0.1) is 5.92 Å². The molecule has 84 valence electrons. The minimum Gasteiger partial charge on any atom is -0.314 e. The molecule has 15 heavy (non-hydrogen) atoms. The van der Waals surface area contributed by atoms with Crippen LogP contribution in [-0.4, -0.2) is 12.6 Å². The number of halogens is 1. The standard InChI is InChI=1S/C12H18ClNS/c1-2-14-10-4-3-9(7-10)8-11-5-6-12(13)15-11/h5-6,9-10,14H,2-4,7-8H2,1H3. The van der Waals surface area contributed by atoms with Crippen LogP contribution in [0.5, 0.6) is 0 Å². The molecule has 0 spiro atoms. The lowest BCUT2D eigenvalue weighted by Crippen LogP contribution is -2.25. The smallest absolute Gasteiger partial charge is 0.0931 e. The first kappa shape index (κ1) is 11.4. The molecular weight excluding hydrogens is 226 g/mol. The lowest BCUT2D eigenvalue weighted by atomic mass is 10.0. The first-order valence-electron chi connectivity index (χ1n) is 5.75. The van der Waals surface area contributed by atoms with Gasteiger partial charge in [0.2, 0.25) is 0 Å². The summed E-state index contributed by atoms with van der Waals surface area (Å²) in [5.41, 5.74) is 0. The Morgan fingerprint density at radius 2 is 2.33 bits per heavy atom. The largest absolute Gasteiger partial charge is 0.314 e. The molecule has 1 fully saturated rings. The number of rotatable bonds is 4. The van der Waals surface area contributed by atoms with E-state index in [0.29, 0.717) is 0 Å². The Balaban J connectivity index is 1.82. The van der Waals surface area contributed by atoms with Gasteiger partial charge in [-0.1, -0.05) is 18.5 Å². The Labute approximate surface area is 101 Å². The van der Waals surface area contributed by atoms with Gasteiger partial charge >= 0.3 is 0 Å². The second kappa shape index (κ2) is 5.33. The maximum atomic E-state index is 5.93. The molecular formula is C12H18ClNS. The molecule has 0 amide bonds. The highest BCUT2D eigenvalue weighted by molar-refractivity contribution is 7.16. The molecule has 1 N–H and O–H groups in total. The molecule has 1 aliphatic rings. The second-order valence-corrected chi connectivity index (χ2v) is 6.14. The predicted molar refractivity (Wildman–Crippen MR) is 67.8 cm³/mol. The lowest BCUT2D eigenvalue weighted by Gasteiger charge is -2.10. The van der Waals surface area contributed by atoms with Crippen molar-refractivity contribution in [3.05, 3.63) is 21.3 Å². The first-order valence-corrected chi connectivity index (χ1v) is 6.95. The predicted octanol–water partition coefficient (Wildman–Crippen LogP) is 3.72. The monoisotopic (exact) mass is 243 g/mol. The minimum atomic E-state index is 0.760. The normalized spacial score (nSPS) is 26.0. The molecule has 0 saturated heterocycles. The van der Waals surface area contributed by atoms with E-state index in [2.05, 4.69) is 18.3 Å². The Kier molecular flexibility index (Phi) is 4.06. The van der Waals surface area contributed by atoms with Crippen molar-refractivity contribution in [1.82, 2.24) is 5.32 Å². The fourth-order valence-corrected chi connectivity index (χ4v) is 3.68. The summed E-state index contributed by atoms with van der Waals surface area (Å²) in [6.07, 6.45) is 5.27. The van der Waals surface area contributed by atoms with Gasteiger partial charge in [0.05, 0.1) is 4.34 Å². The molecule has 0 aliphatic heterocycles. The summed E-state index contributed by atoms with van der Waals surface area (Å²) in [5.74, 6) is 0.865. The number of hydrogen-bond donors (Lipinski definition) is 1. The van der Waals surface area contributed by atoms with Gasteiger partial charge in [0, 0.05) is 10.9 Å². The summed E-state index contributed by atoms with van der Waals surface area (Å²) < 4.78 is 0.922. The van der Waals surface area contributed by atoms with Crippen molar-refractivity contribution in [3.63, 3.8) is 0 Å². The fourth-order valence-electron chi connectivity index (χ4n) is 2.48. The van der Waals surface area contributed by atoms with Gasteiger partial charge in [0.15, 0.2) is 0 Å². The summed E-state index contributed by atoms with van der Waals surface area (Å²) in [4.78, 5) is 1.45. The van der Waals surface area contributed by atoms with Crippen molar-refractivity contribution >= 4 is 22.9 Å². The van der Waals surface area contributed by atoms with E-state index in [1.165, 1.54) is 30.6 Å². The molecule has 3 heteroatoms. The average molecular weight is 244 g/mol. The average Bonchev–Trinajstić information content (AvgIpc) is 2.78. The molecule has 1 aliphatic carbocycles. The molecule has 2 unspecified atom stereocenters. The van der Waals surface area contributed by atoms with Gasteiger partial charge in [0.1, 0.15) is 0 Å².